The number of halogens is 1. The van der Waals surface area contributed by atoms with Gasteiger partial charge in [0.1, 0.15) is 11.3 Å². The first-order valence-electron chi connectivity index (χ1n) is 11.0. The highest BCUT2D eigenvalue weighted by Gasteiger charge is 2.74. The number of benzene rings is 2. The Morgan fingerprint density at radius 3 is 2.66 bits per heavy atom. The summed E-state index contributed by atoms with van der Waals surface area (Å²) in [5.41, 5.74) is 0.859. The van der Waals surface area contributed by atoms with E-state index in [0.717, 1.165) is 22.9 Å². The van der Waals surface area contributed by atoms with Crippen LogP contribution in [0.25, 0.3) is 0 Å². The summed E-state index contributed by atoms with van der Waals surface area (Å²) in [5.74, 6) is -1.33. The molecule has 0 bridgehead atoms. The second kappa shape index (κ2) is 6.89. The molecule has 0 saturated carbocycles. The van der Waals surface area contributed by atoms with E-state index in [1.54, 1.807) is 24.3 Å². The third-order valence-corrected chi connectivity index (χ3v) is 7.85. The number of rotatable bonds is 3. The highest BCUT2D eigenvalue weighted by Crippen LogP contribution is 2.60. The molecular formula is C24H22BrN3O4. The second-order valence-corrected chi connectivity index (χ2v) is 9.67. The Morgan fingerprint density at radius 1 is 1.12 bits per heavy atom. The average Bonchev–Trinajstić information content (AvgIpc) is 3.48. The summed E-state index contributed by atoms with van der Waals surface area (Å²) in [7, 11) is 0. The Labute approximate surface area is 193 Å². The molecule has 0 aliphatic carbocycles. The third kappa shape index (κ3) is 2.37. The first kappa shape index (κ1) is 19.9. The molecule has 2 aromatic rings. The molecule has 1 spiro atoms. The van der Waals surface area contributed by atoms with E-state index in [4.69, 9.17) is 4.74 Å². The summed E-state index contributed by atoms with van der Waals surface area (Å²) in [6.45, 7) is 3.13. The van der Waals surface area contributed by atoms with E-state index in [1.165, 1.54) is 4.90 Å². The fourth-order valence-electron chi connectivity index (χ4n) is 6.29. The normalized spacial score (nSPS) is 30.6. The minimum atomic E-state index is -1.16. The first-order chi connectivity index (χ1) is 15.5. The molecule has 3 amide bonds. The van der Waals surface area contributed by atoms with E-state index >= 15 is 0 Å². The van der Waals surface area contributed by atoms with Crippen molar-refractivity contribution in [2.75, 3.05) is 23.4 Å². The highest BCUT2D eigenvalue weighted by molar-refractivity contribution is 9.10. The molecule has 2 aromatic carbocycles. The van der Waals surface area contributed by atoms with Gasteiger partial charge in [0.15, 0.2) is 0 Å². The van der Waals surface area contributed by atoms with Crippen LogP contribution in [0.5, 0.6) is 5.75 Å². The standard InChI is InChI=1S/C24H22BrN3O4/c1-2-32-15-8-6-14(7-9-15)28-21(29)19-18-4-3-11-27(18)24(20(19)22(28)30)16-12-13(25)5-10-17(16)26-23(24)31/h5-10,12,18-20H,2-4,11H2,1H3,(H,26,31). The van der Waals surface area contributed by atoms with Crippen molar-refractivity contribution in [1.82, 2.24) is 4.90 Å². The molecule has 0 radical (unpaired) electrons. The number of carbonyl (C=O) groups is 3. The summed E-state index contributed by atoms with van der Waals surface area (Å²) < 4.78 is 6.34. The maximum absolute atomic E-state index is 13.9. The van der Waals surface area contributed by atoms with Crippen LogP contribution in [0, 0.1) is 11.8 Å². The van der Waals surface area contributed by atoms with Gasteiger partial charge in [-0.3, -0.25) is 19.3 Å². The molecule has 4 aliphatic rings. The van der Waals surface area contributed by atoms with Crippen LogP contribution in [0.4, 0.5) is 11.4 Å². The molecular weight excluding hydrogens is 474 g/mol. The van der Waals surface area contributed by atoms with Crippen LogP contribution in [0.3, 0.4) is 0 Å². The van der Waals surface area contributed by atoms with Gasteiger partial charge in [-0.2, -0.15) is 0 Å². The summed E-state index contributed by atoms with van der Waals surface area (Å²) in [5, 5.41) is 2.99. The number of carbonyl (C=O) groups excluding carboxylic acids is 3. The Kier molecular flexibility index (Phi) is 4.29. The van der Waals surface area contributed by atoms with Gasteiger partial charge in [-0.15, -0.1) is 0 Å². The van der Waals surface area contributed by atoms with E-state index < -0.39 is 17.4 Å². The topological polar surface area (TPSA) is 79.0 Å². The van der Waals surface area contributed by atoms with E-state index in [1.807, 2.05) is 25.1 Å². The number of amides is 3. The molecule has 0 aromatic heterocycles. The Bertz CT molecular complexity index is 1170. The van der Waals surface area contributed by atoms with Crippen molar-refractivity contribution >= 4 is 45.0 Å². The van der Waals surface area contributed by atoms with Gasteiger partial charge in [-0.05, 0) is 68.8 Å². The van der Waals surface area contributed by atoms with Crippen LogP contribution < -0.4 is 15.0 Å². The number of imide groups is 1. The second-order valence-electron chi connectivity index (χ2n) is 8.76. The van der Waals surface area contributed by atoms with Gasteiger partial charge in [0.25, 0.3) is 0 Å². The quantitative estimate of drug-likeness (QED) is 0.661. The lowest BCUT2D eigenvalue weighted by molar-refractivity contribution is -0.135. The molecule has 32 heavy (non-hydrogen) atoms. The molecule has 4 heterocycles. The smallest absolute Gasteiger partial charge is 0.250 e. The molecule has 3 fully saturated rings. The third-order valence-electron chi connectivity index (χ3n) is 7.36. The number of hydrogen-bond acceptors (Lipinski definition) is 5. The van der Waals surface area contributed by atoms with Crippen molar-refractivity contribution in [1.29, 1.82) is 0 Å². The SMILES string of the molecule is CCOc1ccc(N2C(=O)C3C4CCCN4C4(C(=O)Nc5ccc(Br)cc54)C3C2=O)cc1. The van der Waals surface area contributed by atoms with Crippen molar-refractivity contribution in [2.45, 2.75) is 31.3 Å². The number of ether oxygens (including phenoxy) is 1. The van der Waals surface area contributed by atoms with Crippen LogP contribution >= 0.6 is 15.9 Å². The summed E-state index contributed by atoms with van der Waals surface area (Å²) in [4.78, 5) is 44.6. The number of hydrogen-bond donors (Lipinski definition) is 1. The zero-order valence-corrected chi connectivity index (χ0v) is 19.1. The van der Waals surface area contributed by atoms with Crippen molar-refractivity contribution in [3.8, 4) is 5.75 Å². The lowest BCUT2D eigenvalue weighted by atomic mass is 9.75. The Hall–Kier alpha value is -2.71. The monoisotopic (exact) mass is 495 g/mol. The summed E-state index contributed by atoms with van der Waals surface area (Å²) in [6.07, 6.45) is 1.70. The van der Waals surface area contributed by atoms with Crippen LogP contribution in [0.15, 0.2) is 46.9 Å². The zero-order valence-electron chi connectivity index (χ0n) is 17.5. The van der Waals surface area contributed by atoms with Crippen molar-refractivity contribution in [2.24, 2.45) is 11.8 Å². The van der Waals surface area contributed by atoms with E-state index in [9.17, 15) is 14.4 Å². The molecule has 8 heteroatoms. The summed E-state index contributed by atoms with van der Waals surface area (Å²) in [6, 6.07) is 12.5. The lowest BCUT2D eigenvalue weighted by Crippen LogP contribution is -2.54. The predicted molar refractivity (Wildman–Crippen MR) is 121 cm³/mol. The van der Waals surface area contributed by atoms with Crippen molar-refractivity contribution in [3.63, 3.8) is 0 Å². The van der Waals surface area contributed by atoms with Crippen molar-refractivity contribution < 1.29 is 19.1 Å². The van der Waals surface area contributed by atoms with E-state index in [-0.39, 0.29) is 23.8 Å². The zero-order chi connectivity index (χ0) is 22.2. The number of nitrogens with zero attached hydrogens (tertiary/aromatic N) is 2. The van der Waals surface area contributed by atoms with Crippen LogP contribution in [-0.4, -0.2) is 41.8 Å². The molecule has 3 saturated heterocycles. The molecule has 4 unspecified atom stereocenters. The molecule has 6 rings (SSSR count). The first-order valence-corrected chi connectivity index (χ1v) is 11.8. The number of nitrogens with one attached hydrogen (secondary N) is 1. The van der Waals surface area contributed by atoms with Gasteiger partial charge >= 0.3 is 0 Å². The molecule has 1 N–H and O–H groups in total. The van der Waals surface area contributed by atoms with Crippen molar-refractivity contribution in [3.05, 3.63) is 52.5 Å². The van der Waals surface area contributed by atoms with Crippen LogP contribution in [0.2, 0.25) is 0 Å². The largest absolute Gasteiger partial charge is 0.494 e. The van der Waals surface area contributed by atoms with Gasteiger partial charge in [0, 0.05) is 21.8 Å². The average molecular weight is 496 g/mol. The highest BCUT2D eigenvalue weighted by atomic mass is 79.9. The Balaban J connectivity index is 1.49. The molecule has 4 aliphatic heterocycles. The minimum absolute atomic E-state index is 0.125. The minimum Gasteiger partial charge on any atom is -0.494 e. The maximum atomic E-state index is 13.9. The fraction of sp³-hybridized carbons (Fsp3) is 0.375. The summed E-state index contributed by atoms with van der Waals surface area (Å²) >= 11 is 3.52. The van der Waals surface area contributed by atoms with Gasteiger partial charge in [-0.1, -0.05) is 15.9 Å². The molecule has 7 nitrogen and oxygen atoms in total. The Morgan fingerprint density at radius 2 is 1.91 bits per heavy atom. The van der Waals surface area contributed by atoms with E-state index in [0.29, 0.717) is 30.3 Å². The van der Waals surface area contributed by atoms with Gasteiger partial charge < -0.3 is 10.1 Å². The van der Waals surface area contributed by atoms with E-state index in [2.05, 4.69) is 26.1 Å². The predicted octanol–water partition coefficient (Wildman–Crippen LogP) is 3.28. The van der Waals surface area contributed by atoms with Gasteiger partial charge in [-0.25, -0.2) is 4.90 Å². The van der Waals surface area contributed by atoms with Gasteiger partial charge in [0.05, 0.1) is 24.1 Å². The molecule has 4 atom stereocenters. The lowest BCUT2D eigenvalue weighted by Gasteiger charge is -2.36. The fourth-order valence-corrected chi connectivity index (χ4v) is 6.65. The maximum Gasteiger partial charge on any atom is 0.250 e. The van der Waals surface area contributed by atoms with Crippen LogP contribution in [0.1, 0.15) is 25.3 Å². The number of anilines is 2. The number of fused-ring (bicyclic) bond motifs is 7. The van der Waals surface area contributed by atoms with Gasteiger partial charge in [0.2, 0.25) is 17.7 Å². The van der Waals surface area contributed by atoms with Crippen LogP contribution in [-0.2, 0) is 19.9 Å². The molecule has 164 valence electrons.